The molecule has 0 spiro atoms. The Balaban J connectivity index is 2.73. The number of rotatable bonds is 5. The van der Waals surface area contributed by atoms with Crippen molar-refractivity contribution in [1.82, 2.24) is 4.31 Å². The lowest BCUT2D eigenvalue weighted by Crippen LogP contribution is -2.44. The Bertz CT molecular complexity index is 423. The molecule has 6 nitrogen and oxygen atoms in total. The van der Waals surface area contributed by atoms with Gasteiger partial charge in [-0.25, -0.2) is 12.7 Å². The largest absolute Gasteiger partial charge is 0.469 e. The summed E-state index contributed by atoms with van der Waals surface area (Å²) in [6.07, 6.45) is 3.51. The van der Waals surface area contributed by atoms with Gasteiger partial charge in [-0.05, 0) is 32.1 Å². The second-order valence-corrected chi connectivity index (χ2v) is 7.57. The molecule has 1 aliphatic heterocycles. The topological polar surface area (TPSA) is 89.7 Å². The number of hydrogen-bond acceptors (Lipinski definition) is 5. The smallest absolute Gasteiger partial charge is 0.312 e. The van der Waals surface area contributed by atoms with E-state index in [0.29, 0.717) is 19.5 Å². The van der Waals surface area contributed by atoms with E-state index in [-0.39, 0.29) is 18.4 Å². The van der Waals surface area contributed by atoms with Gasteiger partial charge in [-0.2, -0.15) is 0 Å². The molecule has 1 aliphatic rings. The molecular weight excluding hydrogens is 268 g/mol. The lowest BCUT2D eigenvalue weighted by Gasteiger charge is -2.35. The average Bonchev–Trinajstić information content (AvgIpc) is 2.36. The fourth-order valence-electron chi connectivity index (χ4n) is 2.63. The maximum absolute atomic E-state index is 11.8. The highest BCUT2D eigenvalue weighted by Crippen LogP contribution is 2.32. The molecule has 1 saturated heterocycles. The molecule has 1 fully saturated rings. The molecule has 0 aromatic heterocycles. The van der Waals surface area contributed by atoms with E-state index in [4.69, 9.17) is 10.5 Å². The van der Waals surface area contributed by atoms with Crippen LogP contribution in [0.25, 0.3) is 0 Å². The molecular formula is C12H24N2O4S. The highest BCUT2D eigenvalue weighted by atomic mass is 32.2. The summed E-state index contributed by atoms with van der Waals surface area (Å²) in [4.78, 5) is 11.8. The Morgan fingerprint density at radius 1 is 1.53 bits per heavy atom. The van der Waals surface area contributed by atoms with Gasteiger partial charge < -0.3 is 10.5 Å². The Morgan fingerprint density at radius 3 is 2.63 bits per heavy atom. The third-order valence-corrected chi connectivity index (χ3v) is 5.09. The van der Waals surface area contributed by atoms with Crippen LogP contribution >= 0.6 is 0 Å². The molecule has 0 radical (unpaired) electrons. The maximum atomic E-state index is 11.8. The zero-order valence-corrected chi connectivity index (χ0v) is 12.7. The summed E-state index contributed by atoms with van der Waals surface area (Å²) in [5, 5.41) is 0. The molecule has 1 rings (SSSR count). The van der Waals surface area contributed by atoms with Crippen molar-refractivity contribution in [2.45, 2.75) is 26.2 Å². The van der Waals surface area contributed by atoms with E-state index in [9.17, 15) is 13.2 Å². The van der Waals surface area contributed by atoms with Gasteiger partial charge in [0.05, 0.1) is 18.8 Å². The summed E-state index contributed by atoms with van der Waals surface area (Å²) in [5.41, 5.74) is 4.95. The molecule has 0 aromatic rings. The summed E-state index contributed by atoms with van der Waals surface area (Å²) in [6.45, 7) is 3.01. The van der Waals surface area contributed by atoms with Crippen LogP contribution in [0.5, 0.6) is 0 Å². The number of methoxy groups -OCH3 is 1. The van der Waals surface area contributed by atoms with Crippen LogP contribution in [0, 0.1) is 11.3 Å². The number of esters is 1. The first-order chi connectivity index (χ1) is 8.73. The molecule has 2 atom stereocenters. The fourth-order valence-corrected chi connectivity index (χ4v) is 3.57. The monoisotopic (exact) mass is 292 g/mol. The third kappa shape index (κ3) is 4.15. The Labute approximate surface area is 115 Å². The van der Waals surface area contributed by atoms with Crippen molar-refractivity contribution in [3.8, 4) is 0 Å². The number of sulfonamides is 1. The van der Waals surface area contributed by atoms with Crippen LogP contribution in [0.15, 0.2) is 0 Å². The number of nitrogens with two attached hydrogens (primary N) is 1. The molecule has 0 aliphatic carbocycles. The first-order valence-electron chi connectivity index (χ1n) is 6.46. The van der Waals surface area contributed by atoms with Crippen molar-refractivity contribution in [2.24, 2.45) is 17.1 Å². The number of carbonyl (C=O) groups excluding carboxylic acids is 1. The standard InChI is InChI=1S/C12H24N2O4S/c1-12(9-13,11(15)18-2)7-10-5-4-6-14(8-10)19(3,16)17/h10H,4-9,13H2,1-3H3. The number of nitrogens with zero attached hydrogens (tertiary/aromatic N) is 1. The van der Waals surface area contributed by atoms with Gasteiger partial charge in [-0.15, -0.1) is 0 Å². The molecule has 0 saturated carbocycles. The zero-order valence-electron chi connectivity index (χ0n) is 11.9. The second kappa shape index (κ2) is 6.19. The first kappa shape index (κ1) is 16.4. The fraction of sp³-hybridized carbons (Fsp3) is 0.917. The van der Waals surface area contributed by atoms with Gasteiger partial charge in [0, 0.05) is 19.6 Å². The van der Waals surface area contributed by atoms with Crippen molar-refractivity contribution >= 4 is 16.0 Å². The van der Waals surface area contributed by atoms with E-state index in [1.807, 2.05) is 0 Å². The molecule has 1 heterocycles. The summed E-state index contributed by atoms with van der Waals surface area (Å²) in [5.74, 6) is -0.178. The van der Waals surface area contributed by atoms with Crippen LogP contribution in [-0.2, 0) is 19.6 Å². The minimum atomic E-state index is -3.16. The number of piperidine rings is 1. The predicted octanol–water partition coefficient (Wildman–Crippen LogP) is 0.186. The first-order valence-corrected chi connectivity index (χ1v) is 8.31. The van der Waals surface area contributed by atoms with E-state index in [1.54, 1.807) is 6.92 Å². The number of hydrogen-bond donors (Lipinski definition) is 1. The van der Waals surface area contributed by atoms with E-state index < -0.39 is 15.4 Å². The van der Waals surface area contributed by atoms with Crippen molar-refractivity contribution in [3.05, 3.63) is 0 Å². The summed E-state index contributed by atoms with van der Waals surface area (Å²) >= 11 is 0. The van der Waals surface area contributed by atoms with Gasteiger partial charge in [-0.3, -0.25) is 4.79 Å². The molecule has 19 heavy (non-hydrogen) atoms. The minimum Gasteiger partial charge on any atom is -0.469 e. The Kier molecular flexibility index (Phi) is 5.34. The Hall–Kier alpha value is -0.660. The number of carbonyl (C=O) groups is 1. The molecule has 112 valence electrons. The molecule has 0 aromatic carbocycles. The lowest BCUT2D eigenvalue weighted by molar-refractivity contribution is -0.152. The molecule has 0 amide bonds. The van der Waals surface area contributed by atoms with E-state index in [0.717, 1.165) is 12.8 Å². The van der Waals surface area contributed by atoms with Crippen molar-refractivity contribution in [1.29, 1.82) is 0 Å². The predicted molar refractivity (Wildman–Crippen MR) is 72.9 cm³/mol. The van der Waals surface area contributed by atoms with Gasteiger partial charge >= 0.3 is 5.97 Å². The van der Waals surface area contributed by atoms with Gasteiger partial charge in [0.2, 0.25) is 10.0 Å². The minimum absolute atomic E-state index is 0.149. The third-order valence-electron chi connectivity index (χ3n) is 3.82. The van der Waals surface area contributed by atoms with Crippen LogP contribution in [0.3, 0.4) is 0 Å². The van der Waals surface area contributed by atoms with Crippen molar-refractivity contribution in [3.63, 3.8) is 0 Å². The summed E-state index contributed by atoms with van der Waals surface area (Å²) in [7, 11) is -1.81. The summed E-state index contributed by atoms with van der Waals surface area (Å²) in [6, 6.07) is 0. The molecule has 7 heteroatoms. The van der Waals surface area contributed by atoms with Crippen LogP contribution in [0.2, 0.25) is 0 Å². The quantitative estimate of drug-likeness (QED) is 0.730. The van der Waals surface area contributed by atoms with E-state index >= 15 is 0 Å². The van der Waals surface area contributed by atoms with Gasteiger partial charge in [0.1, 0.15) is 0 Å². The highest BCUT2D eigenvalue weighted by molar-refractivity contribution is 7.88. The molecule has 2 unspecified atom stereocenters. The van der Waals surface area contributed by atoms with Crippen LogP contribution in [0.4, 0.5) is 0 Å². The highest BCUT2D eigenvalue weighted by Gasteiger charge is 2.37. The SMILES string of the molecule is COC(=O)C(C)(CN)CC1CCCN(S(C)(=O)=O)C1. The molecule has 0 bridgehead atoms. The Morgan fingerprint density at radius 2 is 2.16 bits per heavy atom. The summed E-state index contributed by atoms with van der Waals surface area (Å²) < 4.78 is 29.4. The second-order valence-electron chi connectivity index (χ2n) is 5.59. The van der Waals surface area contributed by atoms with Crippen LogP contribution in [0.1, 0.15) is 26.2 Å². The zero-order chi connectivity index (χ0) is 14.7. The number of ether oxygens (including phenoxy) is 1. The molecule has 2 N–H and O–H groups in total. The normalized spacial score (nSPS) is 24.7. The van der Waals surface area contributed by atoms with Gasteiger partial charge in [-0.1, -0.05) is 0 Å². The van der Waals surface area contributed by atoms with E-state index in [1.165, 1.54) is 17.7 Å². The van der Waals surface area contributed by atoms with Crippen LogP contribution < -0.4 is 5.73 Å². The lowest BCUT2D eigenvalue weighted by atomic mass is 9.78. The van der Waals surface area contributed by atoms with Gasteiger partial charge in [0.25, 0.3) is 0 Å². The van der Waals surface area contributed by atoms with Crippen molar-refractivity contribution < 1.29 is 17.9 Å². The van der Waals surface area contributed by atoms with E-state index in [2.05, 4.69) is 0 Å². The maximum Gasteiger partial charge on any atom is 0.312 e. The van der Waals surface area contributed by atoms with Crippen LogP contribution in [-0.4, -0.2) is 51.7 Å². The van der Waals surface area contributed by atoms with Crippen molar-refractivity contribution in [2.75, 3.05) is 33.0 Å². The van der Waals surface area contributed by atoms with Gasteiger partial charge in [0.15, 0.2) is 0 Å². The average molecular weight is 292 g/mol.